The number of aromatic nitrogens is 3. The largest absolute Gasteiger partial charge is 0.278 e. The van der Waals surface area contributed by atoms with Gasteiger partial charge in [-0.2, -0.15) is 0 Å². The van der Waals surface area contributed by atoms with Gasteiger partial charge in [-0.1, -0.05) is 97.1 Å². The molecular formula is C36H21N3. The fraction of sp³-hybridized carbons (Fsp3) is 0. The Balaban J connectivity index is 1.47. The molecule has 0 spiro atoms. The topological polar surface area (TPSA) is 30.7 Å². The van der Waals surface area contributed by atoms with Crippen molar-refractivity contribution < 1.29 is 0 Å². The maximum absolute atomic E-state index is 5.24. The summed E-state index contributed by atoms with van der Waals surface area (Å²) in [5.74, 6) is 0.693. The van der Waals surface area contributed by atoms with E-state index in [1.807, 2.05) is 12.1 Å². The first-order chi connectivity index (χ1) is 19.3. The summed E-state index contributed by atoms with van der Waals surface area (Å²) in [6.45, 7) is 0. The van der Waals surface area contributed by atoms with Crippen LogP contribution in [-0.4, -0.2) is 14.5 Å². The molecule has 180 valence electrons. The first-order valence-corrected chi connectivity index (χ1v) is 13.3. The number of hydrogen-bond donors (Lipinski definition) is 0. The molecule has 0 N–H and O–H groups in total. The van der Waals surface area contributed by atoms with Gasteiger partial charge in [0.1, 0.15) is 0 Å². The third kappa shape index (κ3) is 2.82. The summed E-state index contributed by atoms with van der Waals surface area (Å²) in [5, 5.41) is 11.2. The van der Waals surface area contributed by atoms with Crippen molar-refractivity contribution in [1.29, 1.82) is 0 Å². The first-order valence-electron chi connectivity index (χ1n) is 13.3. The lowest BCUT2D eigenvalue weighted by Gasteiger charge is -2.11. The van der Waals surface area contributed by atoms with Crippen molar-refractivity contribution >= 4 is 65.0 Å². The lowest BCUT2D eigenvalue weighted by Crippen LogP contribution is -2.03. The molecule has 3 nitrogen and oxygen atoms in total. The third-order valence-corrected chi connectivity index (χ3v) is 8.12. The molecule has 7 aromatic carbocycles. The van der Waals surface area contributed by atoms with Crippen molar-refractivity contribution in [2.24, 2.45) is 0 Å². The summed E-state index contributed by atoms with van der Waals surface area (Å²) in [6.07, 6.45) is 0. The Morgan fingerprint density at radius 1 is 0.436 bits per heavy atom. The van der Waals surface area contributed by atoms with Crippen LogP contribution in [0.3, 0.4) is 0 Å². The molecular weight excluding hydrogens is 474 g/mol. The average molecular weight is 496 g/mol. The summed E-state index contributed by atoms with van der Waals surface area (Å²) in [7, 11) is 0. The van der Waals surface area contributed by atoms with E-state index in [4.69, 9.17) is 9.97 Å². The molecule has 9 rings (SSSR count). The van der Waals surface area contributed by atoms with Gasteiger partial charge < -0.3 is 0 Å². The van der Waals surface area contributed by atoms with E-state index in [2.05, 4.69) is 120 Å². The quantitative estimate of drug-likeness (QED) is 0.177. The smallest absolute Gasteiger partial charge is 0.235 e. The van der Waals surface area contributed by atoms with Gasteiger partial charge in [-0.25, -0.2) is 9.97 Å². The van der Waals surface area contributed by atoms with E-state index in [1.165, 1.54) is 43.1 Å². The van der Waals surface area contributed by atoms with E-state index in [0.29, 0.717) is 5.95 Å². The van der Waals surface area contributed by atoms with Crippen LogP contribution in [0.1, 0.15) is 0 Å². The number of rotatable bonds is 2. The fourth-order valence-electron chi connectivity index (χ4n) is 6.44. The second kappa shape index (κ2) is 7.62. The summed E-state index contributed by atoms with van der Waals surface area (Å²) >= 11 is 0. The van der Waals surface area contributed by atoms with E-state index in [-0.39, 0.29) is 0 Å². The Kier molecular flexibility index (Phi) is 4.05. The molecule has 0 aliphatic carbocycles. The van der Waals surface area contributed by atoms with E-state index < -0.39 is 0 Å². The number of fused-ring (bicyclic) bond motifs is 5. The van der Waals surface area contributed by atoms with Crippen LogP contribution in [-0.2, 0) is 0 Å². The van der Waals surface area contributed by atoms with Crippen LogP contribution in [0.2, 0.25) is 0 Å². The second-order valence-electron chi connectivity index (χ2n) is 10.2. The molecule has 9 aromatic rings. The molecule has 0 saturated heterocycles. The van der Waals surface area contributed by atoms with Gasteiger partial charge >= 0.3 is 0 Å². The Labute approximate surface area is 223 Å². The molecule has 0 radical (unpaired) electrons. The van der Waals surface area contributed by atoms with Crippen LogP contribution in [0.25, 0.3) is 82.2 Å². The Bertz CT molecular complexity index is 2280. The lowest BCUT2D eigenvalue weighted by atomic mass is 9.92. The predicted molar refractivity (Wildman–Crippen MR) is 163 cm³/mol. The van der Waals surface area contributed by atoms with E-state index in [0.717, 1.165) is 33.2 Å². The van der Waals surface area contributed by atoms with Gasteiger partial charge in [-0.15, -0.1) is 0 Å². The van der Waals surface area contributed by atoms with Crippen molar-refractivity contribution in [2.45, 2.75) is 0 Å². The van der Waals surface area contributed by atoms with Gasteiger partial charge in [0, 0.05) is 21.7 Å². The van der Waals surface area contributed by atoms with Gasteiger partial charge in [0.25, 0.3) is 0 Å². The second-order valence-corrected chi connectivity index (χ2v) is 10.2. The Morgan fingerprint density at radius 2 is 1.00 bits per heavy atom. The zero-order valence-corrected chi connectivity index (χ0v) is 21.0. The highest BCUT2D eigenvalue weighted by atomic mass is 15.2. The normalized spacial score (nSPS) is 12.1. The minimum atomic E-state index is 0.693. The van der Waals surface area contributed by atoms with Crippen molar-refractivity contribution in [3.8, 4) is 17.2 Å². The molecule has 39 heavy (non-hydrogen) atoms. The molecule has 0 fully saturated rings. The minimum Gasteiger partial charge on any atom is -0.278 e. The molecule has 2 heterocycles. The molecule has 0 atom stereocenters. The van der Waals surface area contributed by atoms with Crippen LogP contribution in [0.15, 0.2) is 127 Å². The van der Waals surface area contributed by atoms with E-state index in [9.17, 15) is 0 Å². The zero-order chi connectivity index (χ0) is 25.5. The summed E-state index contributed by atoms with van der Waals surface area (Å²) in [6, 6.07) is 45.3. The van der Waals surface area contributed by atoms with Gasteiger partial charge in [0.2, 0.25) is 5.95 Å². The predicted octanol–water partition coefficient (Wildman–Crippen LogP) is 9.29. The summed E-state index contributed by atoms with van der Waals surface area (Å²) in [5.41, 5.74) is 5.23. The molecule has 0 saturated carbocycles. The lowest BCUT2D eigenvalue weighted by molar-refractivity contribution is 1.01. The van der Waals surface area contributed by atoms with Crippen LogP contribution in [0.4, 0.5) is 0 Å². The van der Waals surface area contributed by atoms with E-state index in [1.54, 1.807) is 0 Å². The van der Waals surface area contributed by atoms with Crippen molar-refractivity contribution in [3.63, 3.8) is 0 Å². The van der Waals surface area contributed by atoms with E-state index >= 15 is 0 Å². The average Bonchev–Trinajstić information content (AvgIpc) is 3.35. The van der Waals surface area contributed by atoms with Gasteiger partial charge in [0.15, 0.2) is 0 Å². The standard InChI is InChI=1S/C36H21N3/c1-2-10-22(11-3-1)35-27-14-6-7-17-30(27)37-36(38-35)39-31-18-8-15-25-28-20-23-12-4-5-13-24(23)21-29(28)26-16-9-19-32(39)34(26)33(25)31/h1-21H. The summed E-state index contributed by atoms with van der Waals surface area (Å²) in [4.78, 5) is 10.4. The van der Waals surface area contributed by atoms with Gasteiger partial charge in [-0.3, -0.25) is 4.57 Å². The van der Waals surface area contributed by atoms with Gasteiger partial charge in [0.05, 0.1) is 22.2 Å². The van der Waals surface area contributed by atoms with Crippen LogP contribution in [0.5, 0.6) is 0 Å². The zero-order valence-electron chi connectivity index (χ0n) is 21.0. The molecule has 3 heteroatoms. The number of benzene rings is 7. The number of nitrogens with zero attached hydrogens (tertiary/aromatic N) is 3. The third-order valence-electron chi connectivity index (χ3n) is 8.12. The summed E-state index contributed by atoms with van der Waals surface area (Å²) < 4.78 is 2.25. The maximum atomic E-state index is 5.24. The van der Waals surface area contributed by atoms with Crippen LogP contribution in [0, 0.1) is 0 Å². The van der Waals surface area contributed by atoms with Crippen LogP contribution >= 0.6 is 0 Å². The monoisotopic (exact) mass is 495 g/mol. The highest BCUT2D eigenvalue weighted by molar-refractivity contribution is 6.35. The molecule has 0 amide bonds. The molecule has 0 unspecified atom stereocenters. The highest BCUT2D eigenvalue weighted by Gasteiger charge is 2.21. The molecule has 0 bridgehead atoms. The maximum Gasteiger partial charge on any atom is 0.235 e. The van der Waals surface area contributed by atoms with Crippen LogP contribution < -0.4 is 0 Å². The number of hydrogen-bond acceptors (Lipinski definition) is 2. The van der Waals surface area contributed by atoms with Crippen molar-refractivity contribution in [2.75, 3.05) is 0 Å². The van der Waals surface area contributed by atoms with Gasteiger partial charge in [-0.05, 0) is 62.6 Å². The fourth-order valence-corrected chi connectivity index (χ4v) is 6.44. The molecule has 0 aliphatic heterocycles. The van der Waals surface area contributed by atoms with Crippen molar-refractivity contribution in [3.05, 3.63) is 127 Å². The minimum absolute atomic E-state index is 0.693. The molecule has 0 aliphatic rings. The first kappa shape index (κ1) is 20.7. The Hall–Kier alpha value is -5.28. The van der Waals surface area contributed by atoms with Crippen molar-refractivity contribution in [1.82, 2.24) is 14.5 Å². The Morgan fingerprint density at radius 3 is 1.67 bits per heavy atom. The molecule has 2 aromatic heterocycles. The highest BCUT2D eigenvalue weighted by Crippen LogP contribution is 2.44. The number of para-hydroxylation sites is 1. The SMILES string of the molecule is c1ccc(-c2nc(-n3c4cccc5c6cc7ccccc7cc6c6cccc3c6c54)nc3ccccc23)cc1.